The summed E-state index contributed by atoms with van der Waals surface area (Å²) < 4.78 is 0. The second-order valence-electron chi connectivity index (χ2n) is 4.18. The predicted molar refractivity (Wildman–Crippen MR) is 83.0 cm³/mol. The van der Waals surface area contributed by atoms with Crippen molar-refractivity contribution in [3.8, 4) is 11.4 Å². The van der Waals surface area contributed by atoms with Crippen molar-refractivity contribution in [3.05, 3.63) is 73.4 Å². The molecule has 0 atom stereocenters. The molecule has 3 nitrogen and oxygen atoms in total. The van der Waals surface area contributed by atoms with Crippen LogP contribution in [0.1, 0.15) is 18.6 Å². The predicted octanol–water partition coefficient (Wildman–Crippen LogP) is 3.86. The van der Waals surface area contributed by atoms with Crippen LogP contribution in [0.5, 0.6) is 0 Å². The van der Waals surface area contributed by atoms with E-state index in [0.29, 0.717) is 11.6 Å². The molecule has 1 heterocycles. The highest BCUT2D eigenvalue weighted by atomic mass is 15.0. The average Bonchev–Trinajstić information content (AvgIpc) is 2.53. The maximum atomic E-state index is 4.53. The van der Waals surface area contributed by atoms with Crippen LogP contribution in [0.4, 0.5) is 0 Å². The molecule has 1 aromatic heterocycles. The van der Waals surface area contributed by atoms with Gasteiger partial charge in [0, 0.05) is 17.6 Å². The summed E-state index contributed by atoms with van der Waals surface area (Å²) in [4.78, 5) is 13.5. The number of rotatable bonds is 5. The monoisotopic (exact) mass is 263 g/mol. The first-order valence-electron chi connectivity index (χ1n) is 6.54. The SMILES string of the molecule is C=C/C=C(\C=C)c1nc(CC)nc(-c2ccccc2)n1. The quantitative estimate of drug-likeness (QED) is 0.769. The molecule has 100 valence electrons. The van der Waals surface area contributed by atoms with Gasteiger partial charge in [0.05, 0.1) is 0 Å². The summed E-state index contributed by atoms with van der Waals surface area (Å²) in [6.45, 7) is 9.53. The lowest BCUT2D eigenvalue weighted by Gasteiger charge is -2.06. The third kappa shape index (κ3) is 3.06. The minimum Gasteiger partial charge on any atom is -0.213 e. The van der Waals surface area contributed by atoms with E-state index in [9.17, 15) is 0 Å². The molecule has 0 spiro atoms. The fraction of sp³-hybridized carbons (Fsp3) is 0.118. The van der Waals surface area contributed by atoms with Gasteiger partial charge in [0.1, 0.15) is 5.82 Å². The van der Waals surface area contributed by atoms with Crippen LogP contribution in [0, 0.1) is 0 Å². The molecule has 0 aliphatic heterocycles. The Bertz CT molecular complexity index is 643. The number of benzene rings is 1. The number of hydrogen-bond donors (Lipinski definition) is 0. The summed E-state index contributed by atoms with van der Waals surface area (Å²) in [6.07, 6.45) is 6.03. The van der Waals surface area contributed by atoms with E-state index in [1.165, 1.54) is 0 Å². The van der Waals surface area contributed by atoms with Crippen LogP contribution in [0.25, 0.3) is 17.0 Å². The number of nitrogens with zero attached hydrogens (tertiary/aromatic N) is 3. The van der Waals surface area contributed by atoms with Crippen LogP contribution >= 0.6 is 0 Å². The van der Waals surface area contributed by atoms with Gasteiger partial charge in [-0.3, -0.25) is 0 Å². The Morgan fingerprint density at radius 2 is 1.85 bits per heavy atom. The van der Waals surface area contributed by atoms with Gasteiger partial charge >= 0.3 is 0 Å². The lowest BCUT2D eigenvalue weighted by molar-refractivity contribution is 0.891. The van der Waals surface area contributed by atoms with E-state index in [4.69, 9.17) is 0 Å². The summed E-state index contributed by atoms with van der Waals surface area (Å²) in [5.41, 5.74) is 1.82. The molecule has 0 aliphatic rings. The van der Waals surface area contributed by atoms with Crippen molar-refractivity contribution in [3.63, 3.8) is 0 Å². The van der Waals surface area contributed by atoms with Gasteiger partial charge in [-0.15, -0.1) is 0 Å². The fourth-order valence-electron chi connectivity index (χ4n) is 1.78. The summed E-state index contributed by atoms with van der Waals surface area (Å²) >= 11 is 0. The largest absolute Gasteiger partial charge is 0.213 e. The zero-order valence-electron chi connectivity index (χ0n) is 11.6. The minimum absolute atomic E-state index is 0.630. The van der Waals surface area contributed by atoms with Gasteiger partial charge in [-0.25, -0.2) is 15.0 Å². The zero-order chi connectivity index (χ0) is 14.4. The lowest BCUT2D eigenvalue weighted by Crippen LogP contribution is -2.03. The van der Waals surface area contributed by atoms with Crippen molar-refractivity contribution < 1.29 is 0 Å². The van der Waals surface area contributed by atoms with Crippen molar-refractivity contribution in [2.24, 2.45) is 0 Å². The second kappa shape index (κ2) is 6.57. The second-order valence-corrected chi connectivity index (χ2v) is 4.18. The molecule has 0 bridgehead atoms. The molecule has 0 aliphatic carbocycles. The highest BCUT2D eigenvalue weighted by Gasteiger charge is 2.09. The molecule has 0 fully saturated rings. The molecule has 20 heavy (non-hydrogen) atoms. The standard InChI is InChI=1S/C17H17N3/c1-4-10-13(5-2)16-18-15(6-3)19-17(20-16)14-11-8-7-9-12-14/h4-5,7-12H,1-2,6H2,3H3/b13-10+. The highest BCUT2D eigenvalue weighted by molar-refractivity contribution is 5.71. The first-order chi connectivity index (χ1) is 9.78. The normalized spacial score (nSPS) is 11.2. The van der Waals surface area contributed by atoms with Gasteiger partial charge in [-0.1, -0.05) is 68.6 Å². The lowest BCUT2D eigenvalue weighted by atomic mass is 10.2. The van der Waals surface area contributed by atoms with E-state index in [1.54, 1.807) is 12.2 Å². The number of allylic oxidation sites excluding steroid dienone is 4. The number of aryl methyl sites for hydroxylation is 1. The van der Waals surface area contributed by atoms with Gasteiger partial charge < -0.3 is 0 Å². The molecule has 0 unspecified atom stereocenters. The summed E-state index contributed by atoms with van der Waals surface area (Å²) in [5.74, 6) is 2.08. The molecule has 1 aromatic carbocycles. The Morgan fingerprint density at radius 3 is 2.45 bits per heavy atom. The Morgan fingerprint density at radius 1 is 1.10 bits per heavy atom. The van der Waals surface area contributed by atoms with Crippen molar-refractivity contribution in [1.29, 1.82) is 0 Å². The molecule has 3 heteroatoms. The zero-order valence-corrected chi connectivity index (χ0v) is 11.6. The van der Waals surface area contributed by atoms with E-state index in [0.717, 1.165) is 23.4 Å². The minimum atomic E-state index is 0.630. The van der Waals surface area contributed by atoms with Crippen molar-refractivity contribution in [2.75, 3.05) is 0 Å². The molecular formula is C17H17N3. The highest BCUT2D eigenvalue weighted by Crippen LogP contribution is 2.18. The van der Waals surface area contributed by atoms with Gasteiger partial charge in [-0.05, 0) is 0 Å². The maximum Gasteiger partial charge on any atom is 0.163 e. The Labute approximate surface area is 119 Å². The van der Waals surface area contributed by atoms with Gasteiger partial charge in [0.2, 0.25) is 0 Å². The van der Waals surface area contributed by atoms with Gasteiger partial charge in [0.15, 0.2) is 11.6 Å². The van der Waals surface area contributed by atoms with Crippen LogP contribution in [-0.2, 0) is 6.42 Å². The molecular weight excluding hydrogens is 246 g/mol. The van der Waals surface area contributed by atoms with Gasteiger partial charge in [0.25, 0.3) is 0 Å². The van der Waals surface area contributed by atoms with Crippen LogP contribution in [0.15, 0.2) is 61.7 Å². The van der Waals surface area contributed by atoms with Gasteiger partial charge in [-0.2, -0.15) is 0 Å². The molecule has 0 amide bonds. The molecule has 0 saturated heterocycles. The van der Waals surface area contributed by atoms with E-state index >= 15 is 0 Å². The average molecular weight is 263 g/mol. The van der Waals surface area contributed by atoms with Crippen molar-refractivity contribution in [2.45, 2.75) is 13.3 Å². The molecule has 2 aromatic rings. The fourth-order valence-corrected chi connectivity index (χ4v) is 1.78. The summed E-state index contributed by atoms with van der Waals surface area (Å²) in [7, 11) is 0. The van der Waals surface area contributed by atoms with Crippen LogP contribution in [0.2, 0.25) is 0 Å². The molecule has 0 N–H and O–H groups in total. The summed E-state index contributed by atoms with van der Waals surface area (Å²) in [6, 6.07) is 9.89. The smallest absolute Gasteiger partial charge is 0.163 e. The van der Waals surface area contributed by atoms with E-state index in [-0.39, 0.29) is 0 Å². The Kier molecular flexibility index (Phi) is 4.56. The van der Waals surface area contributed by atoms with Crippen molar-refractivity contribution in [1.82, 2.24) is 15.0 Å². The number of aromatic nitrogens is 3. The van der Waals surface area contributed by atoms with Crippen LogP contribution in [-0.4, -0.2) is 15.0 Å². The molecule has 2 rings (SSSR count). The third-order valence-corrected chi connectivity index (χ3v) is 2.81. The van der Waals surface area contributed by atoms with E-state index in [1.807, 2.05) is 43.3 Å². The van der Waals surface area contributed by atoms with Crippen LogP contribution in [0.3, 0.4) is 0 Å². The van der Waals surface area contributed by atoms with E-state index in [2.05, 4.69) is 28.1 Å². The first-order valence-corrected chi connectivity index (χ1v) is 6.54. The number of hydrogen-bond acceptors (Lipinski definition) is 3. The molecule has 0 radical (unpaired) electrons. The molecule has 0 saturated carbocycles. The maximum absolute atomic E-state index is 4.53. The van der Waals surface area contributed by atoms with E-state index < -0.39 is 0 Å². The Balaban J connectivity index is 2.57. The summed E-state index contributed by atoms with van der Waals surface area (Å²) in [5, 5.41) is 0. The van der Waals surface area contributed by atoms with Crippen LogP contribution < -0.4 is 0 Å². The Hall–Kier alpha value is -2.55. The third-order valence-electron chi connectivity index (χ3n) is 2.81. The van der Waals surface area contributed by atoms with Crippen molar-refractivity contribution >= 4 is 5.57 Å². The topological polar surface area (TPSA) is 38.7 Å². The first kappa shape index (κ1) is 13.9.